The van der Waals surface area contributed by atoms with Gasteiger partial charge in [-0.2, -0.15) is 0 Å². The van der Waals surface area contributed by atoms with Gasteiger partial charge in [0, 0.05) is 28.4 Å². The Morgan fingerprint density at radius 2 is 0.711 bits per heavy atom. The molecule has 0 radical (unpaired) electrons. The van der Waals surface area contributed by atoms with Crippen molar-refractivity contribution in [1.82, 2.24) is 0 Å². The zero-order valence-electron chi connectivity index (χ0n) is 62.8. The molecule has 0 bridgehead atoms. The third-order valence-electron chi connectivity index (χ3n) is 34.6. The lowest BCUT2D eigenvalue weighted by molar-refractivity contribution is -0.159. The minimum absolute atomic E-state index is 0.466. The van der Waals surface area contributed by atoms with Crippen molar-refractivity contribution in [2.24, 2.45) is 180 Å². The van der Waals surface area contributed by atoms with Crippen LogP contribution in [0.3, 0.4) is 0 Å². The van der Waals surface area contributed by atoms with Gasteiger partial charge in [0.05, 0.1) is 18.3 Å². The minimum atomic E-state index is 0.466. The van der Waals surface area contributed by atoms with E-state index < -0.39 is 0 Å². The van der Waals surface area contributed by atoms with Crippen LogP contribution in [0.15, 0.2) is 12.2 Å². The fraction of sp³-hybridized carbons (Fsp3) is 0.976. The summed E-state index contributed by atoms with van der Waals surface area (Å²) in [6.45, 7) is 48.0. The van der Waals surface area contributed by atoms with Gasteiger partial charge in [0.15, 0.2) is 0 Å². The molecule has 0 amide bonds. The van der Waals surface area contributed by atoms with E-state index in [4.69, 9.17) is 13.6 Å². The van der Waals surface area contributed by atoms with Gasteiger partial charge < -0.3 is 13.6 Å². The van der Waals surface area contributed by atoms with Crippen LogP contribution in [0.2, 0.25) is 0 Å². The van der Waals surface area contributed by atoms with Crippen LogP contribution in [-0.2, 0) is 13.6 Å². The van der Waals surface area contributed by atoms with Gasteiger partial charge in [0.2, 0.25) is 0 Å². The molecule has 0 aromatic rings. The molecule has 0 aromatic carbocycles. The Kier molecular flexibility index (Phi) is 24.2. The molecule has 12 aliphatic rings. The average molecular weight is 1300 g/mol. The van der Waals surface area contributed by atoms with Crippen molar-refractivity contribution >= 4 is 28.4 Å². The lowest BCUT2D eigenvalue weighted by atomic mass is 9.43. The SMILES string of the molecule is CC[C@@H](C)[C@H]1CCC2[C@@H]3C(OP)C[C@@H]4C[C@H](C)CC[C@]4(C)C3CC[C@@]21C.CC[C@H](/C=C/[C@@H](C)[C@H]1CCC2[C@@H]3C(OP)C[C@@H]4C[C@H](C)CC[C@]4(C)C3CC[C@@]21C)C(C)C.CC[C@H](CC[C@@H](C)[C@H]1CCC2[C@@H]3C(OP)C[C@@H]4C[C@H](C)CC[C@]4(C)C3CC[C@@]21C)C(C)C. The van der Waals surface area contributed by atoms with Crippen LogP contribution in [0.25, 0.3) is 0 Å². The molecule has 0 N–H and O–H groups in total. The monoisotopic (exact) mass is 1300 g/mol. The Labute approximate surface area is 567 Å². The van der Waals surface area contributed by atoms with Gasteiger partial charge in [-0.1, -0.05) is 182 Å². The Bertz CT molecular complexity index is 2320. The van der Waals surface area contributed by atoms with E-state index in [1.807, 2.05) is 0 Å². The first-order valence-corrected chi connectivity index (χ1v) is 41.8. The lowest BCUT2D eigenvalue weighted by Gasteiger charge is -2.63. The summed E-state index contributed by atoms with van der Waals surface area (Å²) >= 11 is 0. The molecule has 6 heteroatoms. The van der Waals surface area contributed by atoms with Gasteiger partial charge >= 0.3 is 0 Å². The maximum Gasteiger partial charge on any atom is 0.0647 e. The van der Waals surface area contributed by atoms with E-state index >= 15 is 0 Å². The quantitative estimate of drug-likeness (QED) is 0.114. The van der Waals surface area contributed by atoms with Crippen LogP contribution < -0.4 is 0 Å². The van der Waals surface area contributed by atoms with Gasteiger partial charge in [-0.25, -0.2) is 0 Å². The molecule has 0 aromatic heterocycles. The van der Waals surface area contributed by atoms with E-state index in [2.05, 4.69) is 172 Å². The van der Waals surface area contributed by atoms with Crippen LogP contribution in [0, 0.1) is 180 Å². The van der Waals surface area contributed by atoms with Gasteiger partial charge in [-0.05, 0) is 328 Å². The first kappa shape index (κ1) is 73.6. The van der Waals surface area contributed by atoms with Crippen molar-refractivity contribution in [3.63, 3.8) is 0 Å². The first-order chi connectivity index (χ1) is 42.6. The van der Waals surface area contributed by atoms with Crippen LogP contribution in [0.5, 0.6) is 0 Å². The molecule has 3 nitrogen and oxygen atoms in total. The van der Waals surface area contributed by atoms with Crippen LogP contribution in [0.4, 0.5) is 0 Å². The highest BCUT2D eigenvalue weighted by molar-refractivity contribution is 7.10. The second-order valence-electron chi connectivity index (χ2n) is 38.9. The molecule has 12 fully saturated rings. The van der Waals surface area contributed by atoms with Gasteiger partial charge in [-0.15, -0.1) is 0 Å². The zero-order valence-corrected chi connectivity index (χ0v) is 66.2. The number of hydrogen-bond acceptors (Lipinski definition) is 3. The predicted octanol–water partition coefficient (Wildman–Crippen LogP) is 25.2. The van der Waals surface area contributed by atoms with Crippen molar-refractivity contribution in [2.45, 2.75) is 336 Å². The third kappa shape index (κ3) is 13.5. The Morgan fingerprint density at radius 1 is 0.367 bits per heavy atom. The molecular formula is C84H151O3P3. The van der Waals surface area contributed by atoms with E-state index in [1.165, 1.54) is 186 Å². The first-order valence-electron chi connectivity index (χ1n) is 40.4. The molecule has 12 unspecified atom stereocenters. The minimum Gasteiger partial charge on any atom is -0.362 e. The second kappa shape index (κ2) is 29.6. The van der Waals surface area contributed by atoms with Crippen LogP contribution in [0.1, 0.15) is 318 Å². The molecule has 12 aliphatic carbocycles. The van der Waals surface area contributed by atoms with Gasteiger partial charge in [0.1, 0.15) is 0 Å². The lowest BCUT2D eigenvalue weighted by Crippen LogP contribution is -2.58. The summed E-state index contributed by atoms with van der Waals surface area (Å²) in [5.41, 5.74) is 3.35. The van der Waals surface area contributed by atoms with E-state index in [-0.39, 0.29) is 0 Å². The predicted molar refractivity (Wildman–Crippen MR) is 396 cm³/mol. The molecule has 0 spiro atoms. The Hall–Kier alpha value is 0.910. The Morgan fingerprint density at radius 3 is 1.04 bits per heavy atom. The molecule has 0 aliphatic heterocycles. The van der Waals surface area contributed by atoms with Crippen molar-refractivity contribution in [3.05, 3.63) is 12.2 Å². The maximum atomic E-state index is 6.28. The summed E-state index contributed by atoms with van der Waals surface area (Å²) in [6.07, 6.45) is 48.1. The molecule has 0 saturated heterocycles. The van der Waals surface area contributed by atoms with Crippen LogP contribution >= 0.6 is 28.4 Å². The Balaban J connectivity index is 0.000000149. The fourth-order valence-corrected chi connectivity index (χ4v) is 29.6. The van der Waals surface area contributed by atoms with Crippen molar-refractivity contribution in [3.8, 4) is 0 Å². The van der Waals surface area contributed by atoms with E-state index in [1.54, 1.807) is 0 Å². The molecule has 0 heterocycles. The zero-order chi connectivity index (χ0) is 65.2. The number of rotatable bonds is 16. The largest absolute Gasteiger partial charge is 0.362 e. The third-order valence-corrected chi connectivity index (χ3v) is 35.7. The van der Waals surface area contributed by atoms with E-state index in [0.717, 1.165) is 142 Å². The number of hydrogen-bond donors (Lipinski definition) is 0. The van der Waals surface area contributed by atoms with E-state index in [0.29, 0.717) is 56.7 Å². The smallest absolute Gasteiger partial charge is 0.0647 e. The fourth-order valence-electron chi connectivity index (χ4n) is 28.8. The molecular weight excluding hydrogens is 1150 g/mol. The van der Waals surface area contributed by atoms with Crippen molar-refractivity contribution in [2.75, 3.05) is 0 Å². The van der Waals surface area contributed by atoms with Crippen molar-refractivity contribution in [1.29, 1.82) is 0 Å². The standard InChI is InChI=1S/C30H55OP.C30H53OP.C24H43OP/c2*1-8-22(19(2)3)10-9-21(5)24-11-12-25-28-26(14-16-30(24,25)7)29(6)15-13-20(4)17-23(29)18-27(28)31-32;1-6-16(3)18-7-8-19-22-20(10-12-24(18,19)5)23(4)11-9-15(2)13-17(23)14-21(22)25-26/h19-28H,8-18,32H2,1-7H3;9-10,19-28H,8,11-18,32H2,1-7H3;15-22H,6-14,26H2,1-5H3/b;10-9+;/t2*20-,21-,22-,23+,24-,25?,26?,27?,28+,29+,30-;15-,16-,17+,18-,19?,20?,21?,22+,23+,24-/m111/s1. The molecule has 35 atom stereocenters. The van der Waals surface area contributed by atoms with Crippen molar-refractivity contribution < 1.29 is 13.6 Å². The summed E-state index contributed by atoms with van der Waals surface area (Å²) in [5.74, 6) is 21.6. The summed E-state index contributed by atoms with van der Waals surface area (Å²) in [4.78, 5) is 0. The molecule has 90 heavy (non-hydrogen) atoms. The summed E-state index contributed by atoms with van der Waals surface area (Å²) in [6, 6.07) is 0. The van der Waals surface area contributed by atoms with Gasteiger partial charge in [0.25, 0.3) is 0 Å². The molecule has 12 rings (SSSR count). The average Bonchev–Trinajstić information content (AvgIpc) is 1.31. The number of allylic oxidation sites excluding steroid dienone is 2. The highest BCUT2D eigenvalue weighted by atomic mass is 31.0. The van der Waals surface area contributed by atoms with E-state index in [9.17, 15) is 0 Å². The molecule has 520 valence electrons. The highest BCUT2D eigenvalue weighted by Crippen LogP contribution is 2.73. The summed E-state index contributed by atoms with van der Waals surface area (Å²) in [7, 11) is 8.07. The topological polar surface area (TPSA) is 27.7 Å². The number of fused-ring (bicyclic) bond motifs is 15. The summed E-state index contributed by atoms with van der Waals surface area (Å²) < 4.78 is 18.7. The summed E-state index contributed by atoms with van der Waals surface area (Å²) in [5, 5.41) is 0. The normalized spacial score (nSPS) is 50.2. The van der Waals surface area contributed by atoms with Crippen LogP contribution in [-0.4, -0.2) is 18.3 Å². The maximum absolute atomic E-state index is 6.28. The van der Waals surface area contributed by atoms with Gasteiger partial charge in [-0.3, -0.25) is 0 Å². The molecule has 12 saturated carbocycles. The highest BCUT2D eigenvalue weighted by Gasteiger charge is 2.67. The second-order valence-corrected chi connectivity index (χ2v) is 39.8.